The highest BCUT2D eigenvalue weighted by molar-refractivity contribution is 5.70. The van der Waals surface area contributed by atoms with Crippen molar-refractivity contribution in [2.45, 2.75) is 33.4 Å². The third kappa shape index (κ3) is 3.82. The fraction of sp³-hybridized carbons (Fsp3) is 0.538. The second kappa shape index (κ2) is 6.35. The predicted octanol–water partition coefficient (Wildman–Crippen LogP) is 2.01. The van der Waals surface area contributed by atoms with Crippen molar-refractivity contribution in [2.24, 2.45) is 5.92 Å². The van der Waals surface area contributed by atoms with E-state index in [2.05, 4.69) is 9.88 Å². The molecule has 17 heavy (non-hydrogen) atoms. The van der Waals surface area contributed by atoms with E-state index in [9.17, 15) is 4.79 Å². The van der Waals surface area contributed by atoms with Crippen molar-refractivity contribution in [3.05, 3.63) is 30.1 Å². The first-order valence-corrected chi connectivity index (χ1v) is 5.92. The average molecular weight is 236 g/mol. The fourth-order valence-corrected chi connectivity index (χ4v) is 1.79. The molecule has 0 fully saturated rings. The van der Waals surface area contributed by atoms with Gasteiger partial charge in [0.15, 0.2) is 0 Å². The van der Waals surface area contributed by atoms with Gasteiger partial charge in [0.2, 0.25) is 0 Å². The first-order chi connectivity index (χ1) is 8.06. The molecule has 2 unspecified atom stereocenters. The summed E-state index contributed by atoms with van der Waals surface area (Å²) in [5.41, 5.74) is 1.16. The van der Waals surface area contributed by atoms with Gasteiger partial charge in [0.05, 0.1) is 5.92 Å². The first kappa shape index (κ1) is 13.6. The third-order valence-electron chi connectivity index (χ3n) is 3.23. The number of nitrogens with zero attached hydrogens (tertiary/aromatic N) is 2. The van der Waals surface area contributed by atoms with Crippen molar-refractivity contribution in [1.82, 2.24) is 9.88 Å². The second-order valence-corrected chi connectivity index (χ2v) is 4.29. The molecule has 94 valence electrons. The maximum absolute atomic E-state index is 11.0. The quantitative estimate of drug-likeness (QED) is 0.821. The number of carboxylic acids is 1. The summed E-state index contributed by atoms with van der Waals surface area (Å²) in [7, 11) is 0. The Balaban J connectivity index is 2.69. The molecule has 4 nitrogen and oxygen atoms in total. The van der Waals surface area contributed by atoms with Crippen LogP contribution >= 0.6 is 0 Å². The number of hydrogen-bond acceptors (Lipinski definition) is 3. The van der Waals surface area contributed by atoms with Gasteiger partial charge in [0, 0.05) is 25.0 Å². The summed E-state index contributed by atoms with van der Waals surface area (Å²) in [4.78, 5) is 17.1. The minimum Gasteiger partial charge on any atom is -0.481 e. The molecular formula is C13H20N2O2. The number of carbonyl (C=O) groups is 1. The fourth-order valence-electron chi connectivity index (χ4n) is 1.79. The lowest BCUT2D eigenvalue weighted by atomic mass is 10.0. The summed E-state index contributed by atoms with van der Waals surface area (Å²) in [6.45, 7) is 7.36. The number of aliphatic carboxylic acids is 1. The largest absolute Gasteiger partial charge is 0.481 e. The van der Waals surface area contributed by atoms with Gasteiger partial charge in [-0.05, 0) is 31.2 Å². The van der Waals surface area contributed by atoms with E-state index in [4.69, 9.17) is 5.11 Å². The topological polar surface area (TPSA) is 53.4 Å². The second-order valence-electron chi connectivity index (χ2n) is 4.29. The number of carboxylic acid groups (broad SMARTS) is 1. The van der Waals surface area contributed by atoms with Gasteiger partial charge in [0.25, 0.3) is 0 Å². The van der Waals surface area contributed by atoms with Gasteiger partial charge in [-0.25, -0.2) is 0 Å². The summed E-state index contributed by atoms with van der Waals surface area (Å²) in [6, 6.07) is 3.94. The van der Waals surface area contributed by atoms with Gasteiger partial charge in [-0.1, -0.05) is 13.8 Å². The van der Waals surface area contributed by atoms with Crippen LogP contribution in [0.15, 0.2) is 24.5 Å². The molecule has 0 saturated heterocycles. The Kier molecular flexibility index (Phi) is 5.10. The van der Waals surface area contributed by atoms with Crippen LogP contribution in [0.1, 0.15) is 26.3 Å². The van der Waals surface area contributed by atoms with Gasteiger partial charge in [-0.3, -0.25) is 14.7 Å². The van der Waals surface area contributed by atoms with E-state index in [1.54, 1.807) is 19.3 Å². The minimum atomic E-state index is -0.745. The Hall–Kier alpha value is -1.42. The molecule has 1 heterocycles. The van der Waals surface area contributed by atoms with E-state index >= 15 is 0 Å². The van der Waals surface area contributed by atoms with Crippen LogP contribution in [0.5, 0.6) is 0 Å². The number of rotatable bonds is 6. The van der Waals surface area contributed by atoms with Gasteiger partial charge in [0.1, 0.15) is 0 Å². The number of aromatic nitrogens is 1. The normalized spacial score (nSPS) is 14.6. The summed E-state index contributed by atoms with van der Waals surface area (Å²) >= 11 is 0. The van der Waals surface area contributed by atoms with Crippen molar-refractivity contribution in [2.75, 3.05) is 6.54 Å². The lowest BCUT2D eigenvalue weighted by Gasteiger charge is -2.30. The Morgan fingerprint density at radius 1 is 1.41 bits per heavy atom. The van der Waals surface area contributed by atoms with E-state index in [1.165, 1.54) is 0 Å². The average Bonchev–Trinajstić information content (AvgIpc) is 2.35. The molecule has 0 aliphatic rings. The molecule has 1 aromatic heterocycles. The molecule has 1 N–H and O–H groups in total. The molecule has 0 radical (unpaired) electrons. The molecule has 4 heteroatoms. The molecule has 0 aromatic carbocycles. The first-order valence-electron chi connectivity index (χ1n) is 5.92. The molecule has 2 atom stereocenters. The van der Waals surface area contributed by atoms with Crippen molar-refractivity contribution >= 4 is 5.97 Å². The van der Waals surface area contributed by atoms with Gasteiger partial charge in [-0.2, -0.15) is 0 Å². The monoisotopic (exact) mass is 236 g/mol. The molecule has 0 aliphatic heterocycles. The van der Waals surface area contributed by atoms with Crippen molar-refractivity contribution in [3.8, 4) is 0 Å². The van der Waals surface area contributed by atoms with E-state index in [0.717, 1.165) is 18.7 Å². The number of hydrogen-bond donors (Lipinski definition) is 1. The smallest absolute Gasteiger partial charge is 0.307 e. The van der Waals surface area contributed by atoms with Crippen LogP contribution in [-0.4, -0.2) is 33.5 Å². The molecule has 0 amide bonds. The van der Waals surface area contributed by atoms with Crippen LogP contribution in [-0.2, 0) is 11.3 Å². The summed E-state index contributed by atoms with van der Waals surface area (Å²) < 4.78 is 0. The summed E-state index contributed by atoms with van der Waals surface area (Å²) in [6.07, 6.45) is 3.52. The van der Waals surface area contributed by atoms with E-state index in [-0.39, 0.29) is 12.0 Å². The maximum atomic E-state index is 11.0. The zero-order valence-electron chi connectivity index (χ0n) is 10.6. The van der Waals surface area contributed by atoms with E-state index in [1.807, 2.05) is 26.0 Å². The molecule has 1 aromatic rings. The lowest BCUT2D eigenvalue weighted by Crippen LogP contribution is -2.39. The van der Waals surface area contributed by atoms with Gasteiger partial charge in [-0.15, -0.1) is 0 Å². The lowest BCUT2D eigenvalue weighted by molar-refractivity contribution is -0.143. The molecule has 0 bridgehead atoms. The Bertz CT molecular complexity index is 354. The van der Waals surface area contributed by atoms with Crippen LogP contribution in [0.2, 0.25) is 0 Å². The Morgan fingerprint density at radius 3 is 2.47 bits per heavy atom. The third-order valence-corrected chi connectivity index (χ3v) is 3.23. The Morgan fingerprint density at radius 2 is 2.00 bits per heavy atom. The Labute approximate surface area is 102 Å². The molecular weight excluding hydrogens is 216 g/mol. The van der Waals surface area contributed by atoms with E-state index < -0.39 is 5.97 Å². The maximum Gasteiger partial charge on any atom is 0.307 e. The van der Waals surface area contributed by atoms with Crippen LogP contribution in [0.3, 0.4) is 0 Å². The van der Waals surface area contributed by atoms with E-state index in [0.29, 0.717) is 0 Å². The SMILES string of the molecule is CCN(Cc1ccncc1)C(C)C(C)C(=O)O. The van der Waals surface area contributed by atoms with Crippen molar-refractivity contribution < 1.29 is 9.90 Å². The zero-order chi connectivity index (χ0) is 12.8. The zero-order valence-corrected chi connectivity index (χ0v) is 10.6. The minimum absolute atomic E-state index is 0.0191. The van der Waals surface area contributed by atoms with Crippen molar-refractivity contribution in [3.63, 3.8) is 0 Å². The highest BCUT2D eigenvalue weighted by Crippen LogP contribution is 2.14. The van der Waals surface area contributed by atoms with Gasteiger partial charge < -0.3 is 5.11 Å². The highest BCUT2D eigenvalue weighted by atomic mass is 16.4. The number of pyridine rings is 1. The van der Waals surface area contributed by atoms with Gasteiger partial charge >= 0.3 is 5.97 Å². The van der Waals surface area contributed by atoms with Crippen LogP contribution < -0.4 is 0 Å². The van der Waals surface area contributed by atoms with Crippen molar-refractivity contribution in [1.29, 1.82) is 0 Å². The molecule has 0 spiro atoms. The molecule has 1 rings (SSSR count). The van der Waals surface area contributed by atoms with Crippen LogP contribution in [0, 0.1) is 5.92 Å². The highest BCUT2D eigenvalue weighted by Gasteiger charge is 2.24. The molecule has 0 aliphatic carbocycles. The standard InChI is InChI=1S/C13H20N2O2/c1-4-15(11(3)10(2)13(16)17)9-12-5-7-14-8-6-12/h5-8,10-11H,4,9H2,1-3H3,(H,16,17). The predicted molar refractivity (Wildman–Crippen MR) is 66.6 cm³/mol. The summed E-state index contributed by atoms with van der Waals surface area (Å²) in [5.74, 6) is -1.11. The van der Waals surface area contributed by atoms with Crippen LogP contribution in [0.4, 0.5) is 0 Å². The molecule has 0 saturated carbocycles. The van der Waals surface area contributed by atoms with Crippen LogP contribution in [0.25, 0.3) is 0 Å². The summed E-state index contributed by atoms with van der Waals surface area (Å²) in [5, 5.41) is 9.03.